The molecule has 0 rings (SSSR count). The molecule has 0 N–H and O–H groups in total. The zero-order chi connectivity index (χ0) is 10.2. The molecule has 0 atom stereocenters. The molecule has 0 saturated heterocycles. The van der Waals surface area contributed by atoms with Crippen LogP contribution in [0.2, 0.25) is 0 Å². The smallest absolute Gasteiger partial charge is 0.210 e. The maximum atomic E-state index is 10.8. The Bertz CT molecular complexity index is 84.3. The average molecular weight is 192 g/mol. The predicted molar refractivity (Wildman–Crippen MR) is 37.3 cm³/mol. The molecule has 0 spiro atoms. The summed E-state index contributed by atoms with van der Waals surface area (Å²) in [6.45, 7) is 4.36. The van der Waals surface area contributed by atoms with E-state index in [0.29, 0.717) is 0 Å². The molecule has 0 bridgehead atoms. The molecule has 0 aliphatic heterocycles. The van der Waals surface area contributed by atoms with Gasteiger partial charge in [0, 0.05) is 0 Å². The van der Waals surface area contributed by atoms with E-state index < -0.39 is 19.0 Å². The number of hydrogen-bond donors (Lipinski definition) is 0. The number of rotatable bonds is 2. The van der Waals surface area contributed by atoms with Crippen LogP contribution in [-0.4, -0.2) is 12.6 Å². The molecule has 0 unspecified atom stereocenters. The first kappa shape index (κ1) is 14.2. The standard InChI is InChI=1S/C4H10.C3H3F5/c1-3-4-2;4-2(5)1-3(6,7)8/h3-4H2,1-2H3;2H,1H2. The van der Waals surface area contributed by atoms with Gasteiger partial charge in [-0.2, -0.15) is 13.2 Å². The van der Waals surface area contributed by atoms with E-state index in [1.165, 1.54) is 12.8 Å². The molecular weight excluding hydrogens is 179 g/mol. The molecule has 0 amide bonds. The van der Waals surface area contributed by atoms with Crippen molar-refractivity contribution in [3.05, 3.63) is 0 Å². The topological polar surface area (TPSA) is 0 Å². The van der Waals surface area contributed by atoms with Crippen molar-refractivity contribution in [2.24, 2.45) is 0 Å². The minimum atomic E-state index is -4.73. The van der Waals surface area contributed by atoms with Crippen LogP contribution >= 0.6 is 0 Å². The molecule has 0 nitrogen and oxygen atoms in total. The Kier molecular flexibility index (Phi) is 8.64. The number of alkyl halides is 5. The van der Waals surface area contributed by atoms with Crippen molar-refractivity contribution < 1.29 is 22.0 Å². The Morgan fingerprint density at radius 2 is 1.33 bits per heavy atom. The van der Waals surface area contributed by atoms with Crippen molar-refractivity contribution in [3.8, 4) is 0 Å². The molecule has 5 heteroatoms. The van der Waals surface area contributed by atoms with Crippen LogP contribution in [0.3, 0.4) is 0 Å². The zero-order valence-corrected chi connectivity index (χ0v) is 7.09. The molecule has 0 saturated carbocycles. The maximum Gasteiger partial charge on any atom is 0.394 e. The van der Waals surface area contributed by atoms with E-state index in [4.69, 9.17) is 0 Å². The van der Waals surface area contributed by atoms with Crippen molar-refractivity contribution in [1.82, 2.24) is 0 Å². The van der Waals surface area contributed by atoms with E-state index in [9.17, 15) is 22.0 Å². The molecule has 0 aliphatic carbocycles. The Morgan fingerprint density at radius 1 is 1.00 bits per heavy atom. The van der Waals surface area contributed by atoms with E-state index in [2.05, 4.69) is 13.8 Å². The molecular formula is C7H13F5. The summed E-state index contributed by atoms with van der Waals surface area (Å²) < 4.78 is 54.1. The largest absolute Gasteiger partial charge is 0.394 e. The Hall–Kier alpha value is -0.350. The first-order chi connectivity index (χ1) is 5.33. The zero-order valence-electron chi connectivity index (χ0n) is 7.09. The SMILES string of the molecule is CCCC.FC(F)CC(F)(F)F. The maximum absolute atomic E-state index is 10.8. The van der Waals surface area contributed by atoms with E-state index in [1.807, 2.05) is 0 Å². The summed E-state index contributed by atoms with van der Waals surface area (Å²) >= 11 is 0. The second-order valence-electron chi connectivity index (χ2n) is 2.21. The van der Waals surface area contributed by atoms with Crippen LogP contribution in [0.4, 0.5) is 22.0 Å². The molecule has 0 fully saturated rings. The predicted octanol–water partition coefficient (Wildman–Crippen LogP) is 4.01. The fourth-order valence-corrected chi connectivity index (χ4v) is 0.175. The second kappa shape index (κ2) is 7.31. The lowest BCUT2D eigenvalue weighted by Crippen LogP contribution is -2.12. The molecule has 0 aromatic heterocycles. The minimum Gasteiger partial charge on any atom is -0.210 e. The van der Waals surface area contributed by atoms with Gasteiger partial charge in [-0.05, 0) is 0 Å². The van der Waals surface area contributed by atoms with Crippen molar-refractivity contribution in [1.29, 1.82) is 0 Å². The van der Waals surface area contributed by atoms with Gasteiger partial charge in [-0.1, -0.05) is 26.7 Å². The van der Waals surface area contributed by atoms with Gasteiger partial charge in [-0.3, -0.25) is 0 Å². The third kappa shape index (κ3) is 22.6. The van der Waals surface area contributed by atoms with Gasteiger partial charge in [0.25, 0.3) is 0 Å². The first-order valence-corrected chi connectivity index (χ1v) is 3.68. The van der Waals surface area contributed by atoms with Crippen molar-refractivity contribution in [3.63, 3.8) is 0 Å². The van der Waals surface area contributed by atoms with Crippen LogP contribution in [0, 0.1) is 0 Å². The van der Waals surface area contributed by atoms with Gasteiger partial charge in [-0.25, -0.2) is 8.78 Å². The lowest BCUT2D eigenvalue weighted by atomic mass is 10.4. The van der Waals surface area contributed by atoms with E-state index in [1.54, 1.807) is 0 Å². The highest BCUT2D eigenvalue weighted by Crippen LogP contribution is 2.22. The Balaban J connectivity index is 0. The molecule has 0 aromatic rings. The quantitative estimate of drug-likeness (QED) is 0.580. The number of halogens is 5. The van der Waals surface area contributed by atoms with Gasteiger partial charge in [-0.15, -0.1) is 0 Å². The van der Waals surface area contributed by atoms with Crippen LogP contribution in [0.1, 0.15) is 33.1 Å². The summed E-state index contributed by atoms with van der Waals surface area (Å²) in [6.07, 6.45) is -7.38. The summed E-state index contributed by atoms with van der Waals surface area (Å²) in [5.74, 6) is 0. The van der Waals surface area contributed by atoms with Crippen LogP contribution in [0.15, 0.2) is 0 Å². The van der Waals surface area contributed by atoms with Crippen molar-refractivity contribution in [2.75, 3.05) is 0 Å². The Morgan fingerprint density at radius 3 is 1.33 bits per heavy atom. The summed E-state index contributed by atoms with van der Waals surface area (Å²) in [7, 11) is 0. The van der Waals surface area contributed by atoms with Crippen LogP contribution in [0.25, 0.3) is 0 Å². The van der Waals surface area contributed by atoms with Crippen LogP contribution in [-0.2, 0) is 0 Å². The van der Waals surface area contributed by atoms with E-state index in [0.717, 1.165) is 0 Å². The molecule has 0 heterocycles. The third-order valence-corrected chi connectivity index (χ3v) is 0.886. The first-order valence-electron chi connectivity index (χ1n) is 3.68. The molecule has 76 valence electrons. The number of hydrogen-bond acceptors (Lipinski definition) is 0. The van der Waals surface area contributed by atoms with Gasteiger partial charge in [0.2, 0.25) is 6.43 Å². The summed E-state index contributed by atoms with van der Waals surface area (Å²) in [5.41, 5.74) is 0. The molecule has 12 heavy (non-hydrogen) atoms. The van der Waals surface area contributed by atoms with E-state index in [-0.39, 0.29) is 0 Å². The molecule has 0 aromatic carbocycles. The van der Waals surface area contributed by atoms with Crippen molar-refractivity contribution in [2.45, 2.75) is 45.7 Å². The fourth-order valence-electron chi connectivity index (χ4n) is 0.175. The highest BCUT2D eigenvalue weighted by Gasteiger charge is 2.31. The van der Waals surface area contributed by atoms with Gasteiger partial charge < -0.3 is 0 Å². The average Bonchev–Trinajstić information content (AvgIpc) is 1.83. The molecule has 0 aliphatic rings. The lowest BCUT2D eigenvalue weighted by molar-refractivity contribution is -0.158. The van der Waals surface area contributed by atoms with Crippen molar-refractivity contribution >= 4 is 0 Å². The highest BCUT2D eigenvalue weighted by molar-refractivity contribution is 4.50. The Labute approximate surface area is 68.8 Å². The number of unbranched alkanes of at least 4 members (excludes halogenated alkanes) is 1. The fraction of sp³-hybridized carbons (Fsp3) is 1.00. The minimum absolute atomic E-state index is 1.32. The van der Waals surface area contributed by atoms with E-state index >= 15 is 0 Å². The summed E-state index contributed by atoms with van der Waals surface area (Å²) in [4.78, 5) is 0. The normalized spacial score (nSPS) is 11.0. The summed E-state index contributed by atoms with van der Waals surface area (Å²) in [5, 5.41) is 0. The van der Waals surface area contributed by atoms with Crippen LogP contribution in [0.5, 0.6) is 0 Å². The van der Waals surface area contributed by atoms with Gasteiger partial charge >= 0.3 is 6.18 Å². The summed E-state index contributed by atoms with van der Waals surface area (Å²) in [6, 6.07) is 0. The van der Waals surface area contributed by atoms with Crippen LogP contribution < -0.4 is 0 Å². The lowest BCUT2D eigenvalue weighted by Gasteiger charge is -2.02. The van der Waals surface area contributed by atoms with Gasteiger partial charge in [0.05, 0.1) is 0 Å². The molecule has 0 radical (unpaired) electrons. The second-order valence-corrected chi connectivity index (χ2v) is 2.21. The van der Waals surface area contributed by atoms with Gasteiger partial charge in [0.15, 0.2) is 0 Å². The third-order valence-electron chi connectivity index (χ3n) is 0.886. The highest BCUT2D eigenvalue weighted by atomic mass is 19.4. The monoisotopic (exact) mass is 192 g/mol. The van der Waals surface area contributed by atoms with Gasteiger partial charge in [0.1, 0.15) is 6.42 Å².